The Morgan fingerprint density at radius 1 is 1.33 bits per heavy atom. The van der Waals surface area contributed by atoms with Gasteiger partial charge in [0.25, 0.3) is 0 Å². The van der Waals surface area contributed by atoms with Gasteiger partial charge in [-0.1, -0.05) is 23.2 Å². The van der Waals surface area contributed by atoms with E-state index in [0.717, 1.165) is 34.2 Å². The molecule has 2 rings (SSSR count). The minimum Gasteiger partial charge on any atom is -0.496 e. The van der Waals surface area contributed by atoms with E-state index in [1.807, 2.05) is 37.3 Å². The van der Waals surface area contributed by atoms with E-state index in [1.54, 1.807) is 18.4 Å². The molecule has 0 amide bonds. The molecule has 1 aromatic heterocycles. The molecule has 0 spiro atoms. The van der Waals surface area contributed by atoms with E-state index < -0.39 is 6.10 Å². The van der Waals surface area contributed by atoms with Crippen LogP contribution >= 0.6 is 22.9 Å². The zero-order valence-electron chi connectivity index (χ0n) is 12.2. The maximum atomic E-state index is 10.3. The van der Waals surface area contributed by atoms with Crippen LogP contribution in [-0.4, -0.2) is 25.3 Å². The Morgan fingerprint density at radius 3 is 2.81 bits per heavy atom. The van der Waals surface area contributed by atoms with Crippen LogP contribution in [0.4, 0.5) is 0 Å². The molecular weight excluding hydrogens is 306 g/mol. The van der Waals surface area contributed by atoms with Crippen LogP contribution in [0.15, 0.2) is 30.3 Å². The van der Waals surface area contributed by atoms with E-state index in [4.69, 9.17) is 16.3 Å². The number of hydrogen-bond acceptors (Lipinski definition) is 4. The highest BCUT2D eigenvalue weighted by Gasteiger charge is 2.13. The number of thiophene rings is 1. The first-order valence-corrected chi connectivity index (χ1v) is 8.07. The molecule has 0 radical (unpaired) electrons. The van der Waals surface area contributed by atoms with Gasteiger partial charge in [-0.25, -0.2) is 0 Å². The van der Waals surface area contributed by atoms with Crippen LogP contribution in [0.5, 0.6) is 5.75 Å². The first-order valence-electron chi connectivity index (χ1n) is 6.87. The molecule has 3 nitrogen and oxygen atoms in total. The van der Waals surface area contributed by atoms with Gasteiger partial charge in [-0.15, -0.1) is 11.3 Å². The van der Waals surface area contributed by atoms with Gasteiger partial charge in [-0.2, -0.15) is 0 Å². The summed E-state index contributed by atoms with van der Waals surface area (Å²) in [6, 6.07) is 9.78. The summed E-state index contributed by atoms with van der Waals surface area (Å²) in [7, 11) is 1.62. The Morgan fingerprint density at radius 2 is 2.14 bits per heavy atom. The second-order valence-electron chi connectivity index (χ2n) is 4.92. The number of aryl methyl sites for hydroxylation is 1. The van der Waals surface area contributed by atoms with Crippen LogP contribution in [0.2, 0.25) is 4.34 Å². The van der Waals surface area contributed by atoms with Crippen molar-refractivity contribution in [3.8, 4) is 5.75 Å². The highest BCUT2D eigenvalue weighted by Crippen LogP contribution is 2.26. The van der Waals surface area contributed by atoms with Crippen molar-refractivity contribution in [3.05, 3.63) is 50.7 Å². The summed E-state index contributed by atoms with van der Waals surface area (Å²) in [6.07, 6.45) is 0.335. The van der Waals surface area contributed by atoms with Crippen molar-refractivity contribution >= 4 is 22.9 Å². The normalized spacial score (nSPS) is 12.4. The molecule has 0 saturated heterocycles. The summed E-state index contributed by atoms with van der Waals surface area (Å²) < 4.78 is 6.11. The van der Waals surface area contributed by atoms with Crippen molar-refractivity contribution in [2.45, 2.75) is 19.4 Å². The van der Waals surface area contributed by atoms with E-state index in [1.165, 1.54) is 4.88 Å². The third-order valence-electron chi connectivity index (χ3n) is 3.26. The SMILES string of the molecule is COc1ccc(C)cc1C(O)CNCCc1ccc(Cl)s1. The molecule has 0 fully saturated rings. The minimum absolute atomic E-state index is 0.499. The van der Waals surface area contributed by atoms with Crippen LogP contribution in [0.1, 0.15) is 22.1 Å². The molecule has 2 aromatic rings. The zero-order chi connectivity index (χ0) is 15.2. The molecule has 5 heteroatoms. The number of nitrogens with one attached hydrogen (secondary N) is 1. The van der Waals surface area contributed by atoms with Gasteiger partial charge >= 0.3 is 0 Å². The number of hydrogen-bond donors (Lipinski definition) is 2. The Bertz CT molecular complexity index is 585. The zero-order valence-corrected chi connectivity index (χ0v) is 13.8. The smallest absolute Gasteiger partial charge is 0.124 e. The maximum absolute atomic E-state index is 10.3. The quantitative estimate of drug-likeness (QED) is 0.764. The fraction of sp³-hybridized carbons (Fsp3) is 0.375. The van der Waals surface area contributed by atoms with Gasteiger partial charge in [0.2, 0.25) is 0 Å². The Labute approximate surface area is 134 Å². The van der Waals surface area contributed by atoms with Gasteiger partial charge in [0, 0.05) is 23.5 Å². The van der Waals surface area contributed by atoms with Crippen LogP contribution in [-0.2, 0) is 6.42 Å². The third-order valence-corrected chi connectivity index (χ3v) is 4.55. The largest absolute Gasteiger partial charge is 0.496 e. The summed E-state index contributed by atoms with van der Waals surface area (Å²) in [6.45, 7) is 3.31. The summed E-state index contributed by atoms with van der Waals surface area (Å²) in [5.41, 5.74) is 1.93. The Balaban J connectivity index is 1.84. The molecule has 0 saturated carbocycles. The van der Waals surface area contributed by atoms with Crippen molar-refractivity contribution in [3.63, 3.8) is 0 Å². The summed E-state index contributed by atoms with van der Waals surface area (Å²) in [5.74, 6) is 0.722. The van der Waals surface area contributed by atoms with E-state index >= 15 is 0 Å². The molecule has 0 aliphatic heterocycles. The lowest BCUT2D eigenvalue weighted by Gasteiger charge is -2.16. The molecule has 114 valence electrons. The molecule has 1 unspecified atom stereocenters. The molecular formula is C16H20ClNO2S. The Kier molecular flexibility index (Phi) is 6.06. The molecule has 1 atom stereocenters. The van der Waals surface area contributed by atoms with Crippen molar-refractivity contribution in [2.75, 3.05) is 20.2 Å². The van der Waals surface area contributed by atoms with Crippen molar-refractivity contribution in [1.29, 1.82) is 0 Å². The number of aliphatic hydroxyl groups is 1. The molecule has 0 bridgehead atoms. The predicted molar refractivity (Wildman–Crippen MR) is 88.6 cm³/mol. The lowest BCUT2D eigenvalue weighted by atomic mass is 10.1. The summed E-state index contributed by atoms with van der Waals surface area (Å²) in [4.78, 5) is 1.25. The highest BCUT2D eigenvalue weighted by atomic mass is 35.5. The van der Waals surface area contributed by atoms with Crippen LogP contribution in [0.25, 0.3) is 0 Å². The second-order valence-corrected chi connectivity index (χ2v) is 6.72. The summed E-state index contributed by atoms with van der Waals surface area (Å²) in [5, 5.41) is 13.6. The van der Waals surface area contributed by atoms with Crippen LogP contribution < -0.4 is 10.1 Å². The molecule has 21 heavy (non-hydrogen) atoms. The van der Waals surface area contributed by atoms with Crippen molar-refractivity contribution < 1.29 is 9.84 Å². The lowest BCUT2D eigenvalue weighted by Crippen LogP contribution is -2.23. The van der Waals surface area contributed by atoms with Gasteiger partial charge in [0.05, 0.1) is 17.6 Å². The number of methoxy groups -OCH3 is 1. The van der Waals surface area contributed by atoms with Gasteiger partial charge in [0.1, 0.15) is 5.75 Å². The number of halogens is 1. The van der Waals surface area contributed by atoms with E-state index in [2.05, 4.69) is 5.32 Å². The maximum Gasteiger partial charge on any atom is 0.124 e. The predicted octanol–water partition coefficient (Wildman–Crippen LogP) is 3.58. The van der Waals surface area contributed by atoms with E-state index in [9.17, 15) is 5.11 Å². The van der Waals surface area contributed by atoms with E-state index in [-0.39, 0.29) is 0 Å². The molecule has 1 heterocycles. The number of benzene rings is 1. The molecule has 1 aromatic carbocycles. The molecule has 0 aliphatic carbocycles. The number of ether oxygens (including phenoxy) is 1. The molecule has 0 aliphatic rings. The van der Waals surface area contributed by atoms with Gasteiger partial charge in [-0.3, -0.25) is 0 Å². The number of aliphatic hydroxyl groups excluding tert-OH is 1. The lowest BCUT2D eigenvalue weighted by molar-refractivity contribution is 0.171. The van der Waals surface area contributed by atoms with Crippen molar-refractivity contribution in [1.82, 2.24) is 5.32 Å². The molecule has 2 N–H and O–H groups in total. The second kappa shape index (κ2) is 7.80. The fourth-order valence-corrected chi connectivity index (χ4v) is 3.25. The van der Waals surface area contributed by atoms with Crippen LogP contribution in [0.3, 0.4) is 0 Å². The monoisotopic (exact) mass is 325 g/mol. The minimum atomic E-state index is -0.577. The standard InChI is InChI=1S/C16H20ClNO2S/c1-11-3-5-15(20-2)13(9-11)14(19)10-18-8-7-12-4-6-16(17)21-12/h3-6,9,14,18-19H,7-8,10H2,1-2H3. The average molecular weight is 326 g/mol. The first-order chi connectivity index (χ1) is 10.1. The Hall–Kier alpha value is -1.07. The van der Waals surface area contributed by atoms with E-state index in [0.29, 0.717) is 6.54 Å². The summed E-state index contributed by atoms with van der Waals surface area (Å²) >= 11 is 7.49. The first kappa shape index (κ1) is 16.3. The third kappa shape index (κ3) is 4.71. The van der Waals surface area contributed by atoms with Crippen molar-refractivity contribution in [2.24, 2.45) is 0 Å². The van der Waals surface area contributed by atoms with Crippen LogP contribution in [0, 0.1) is 6.92 Å². The highest BCUT2D eigenvalue weighted by molar-refractivity contribution is 7.16. The fourth-order valence-electron chi connectivity index (χ4n) is 2.16. The van der Waals surface area contributed by atoms with Gasteiger partial charge < -0.3 is 15.2 Å². The van der Waals surface area contributed by atoms with Gasteiger partial charge in [-0.05, 0) is 37.6 Å². The number of rotatable bonds is 7. The average Bonchev–Trinajstić information content (AvgIpc) is 2.89. The van der Waals surface area contributed by atoms with Gasteiger partial charge in [0.15, 0.2) is 0 Å². The topological polar surface area (TPSA) is 41.5 Å².